The van der Waals surface area contributed by atoms with E-state index in [0.29, 0.717) is 32.1 Å². The van der Waals surface area contributed by atoms with Gasteiger partial charge in [0.05, 0.1) is 23.2 Å². The summed E-state index contributed by atoms with van der Waals surface area (Å²) in [5, 5.41) is 11.7. The van der Waals surface area contributed by atoms with Crippen molar-refractivity contribution in [3.63, 3.8) is 0 Å². The molecular formula is C24H17BrClNO4. The average Bonchev–Trinajstić information content (AvgIpc) is 3.05. The molecule has 1 atom stereocenters. The number of anilines is 1. The Kier molecular flexibility index (Phi) is 5.85. The number of carbonyl (C=O) groups is 2. The Bertz CT molecular complexity index is 1190. The number of amides is 1. The number of Topliss-reactive ketones (excluding diaryl/α,β-unsaturated/α-hetero) is 1. The van der Waals surface area contributed by atoms with E-state index < -0.39 is 17.7 Å². The molecule has 1 aliphatic heterocycles. The van der Waals surface area contributed by atoms with Crippen LogP contribution in [0.5, 0.6) is 5.75 Å². The zero-order valence-corrected chi connectivity index (χ0v) is 18.7. The molecule has 0 saturated carbocycles. The maximum Gasteiger partial charge on any atom is 0.300 e. The first-order valence-electron chi connectivity index (χ1n) is 9.38. The number of hydrogen-bond donors (Lipinski definition) is 1. The molecule has 1 unspecified atom stereocenters. The lowest BCUT2D eigenvalue weighted by molar-refractivity contribution is -0.132. The Balaban J connectivity index is 1.93. The highest BCUT2D eigenvalue weighted by Crippen LogP contribution is 2.42. The molecule has 4 rings (SSSR count). The predicted molar refractivity (Wildman–Crippen MR) is 123 cm³/mol. The molecule has 0 radical (unpaired) electrons. The molecule has 156 valence electrons. The fourth-order valence-electron chi connectivity index (χ4n) is 3.62. The van der Waals surface area contributed by atoms with Crippen molar-refractivity contribution < 1.29 is 19.4 Å². The standard InChI is InChI=1S/C24H17BrClNO4/c1-31-19-12-9-15(13-18(19)25)22(28)20-21(14-7-10-16(26)11-8-14)27(24(30)23(20)29)17-5-3-2-4-6-17/h2-13,21,28H,1H3/b22-20-. The Morgan fingerprint density at radius 3 is 2.32 bits per heavy atom. The summed E-state index contributed by atoms with van der Waals surface area (Å²) in [5.41, 5.74) is 1.60. The van der Waals surface area contributed by atoms with Crippen molar-refractivity contribution in [2.45, 2.75) is 6.04 Å². The van der Waals surface area contributed by atoms with Gasteiger partial charge in [-0.2, -0.15) is 0 Å². The van der Waals surface area contributed by atoms with Crippen molar-refractivity contribution in [1.29, 1.82) is 0 Å². The van der Waals surface area contributed by atoms with Gasteiger partial charge in [-0.25, -0.2) is 0 Å². The summed E-state index contributed by atoms with van der Waals surface area (Å²) < 4.78 is 5.84. The van der Waals surface area contributed by atoms with Crippen LogP contribution in [0.15, 0.2) is 82.8 Å². The lowest BCUT2D eigenvalue weighted by Gasteiger charge is -2.25. The molecule has 5 nitrogen and oxygen atoms in total. The summed E-state index contributed by atoms with van der Waals surface area (Å²) in [6.07, 6.45) is 0. The highest BCUT2D eigenvalue weighted by Gasteiger charge is 2.46. The number of aliphatic hydroxyl groups excluding tert-OH is 1. The van der Waals surface area contributed by atoms with Crippen LogP contribution in [-0.2, 0) is 9.59 Å². The second-order valence-corrected chi connectivity index (χ2v) is 8.20. The third-order valence-corrected chi connectivity index (χ3v) is 5.96. The normalized spacial score (nSPS) is 17.8. The largest absolute Gasteiger partial charge is 0.507 e. The van der Waals surface area contributed by atoms with Crippen LogP contribution >= 0.6 is 27.5 Å². The summed E-state index contributed by atoms with van der Waals surface area (Å²) in [6.45, 7) is 0. The van der Waals surface area contributed by atoms with Gasteiger partial charge >= 0.3 is 0 Å². The van der Waals surface area contributed by atoms with E-state index in [2.05, 4.69) is 15.9 Å². The summed E-state index contributed by atoms with van der Waals surface area (Å²) in [4.78, 5) is 27.5. The van der Waals surface area contributed by atoms with E-state index in [4.69, 9.17) is 16.3 Å². The van der Waals surface area contributed by atoms with E-state index >= 15 is 0 Å². The van der Waals surface area contributed by atoms with Gasteiger partial charge in [0.2, 0.25) is 0 Å². The average molecular weight is 499 g/mol. The molecule has 1 fully saturated rings. The molecule has 1 amide bonds. The lowest BCUT2D eigenvalue weighted by Crippen LogP contribution is -2.29. The van der Waals surface area contributed by atoms with Crippen molar-refractivity contribution >= 4 is 50.7 Å². The highest BCUT2D eigenvalue weighted by atomic mass is 79.9. The first-order valence-corrected chi connectivity index (χ1v) is 10.5. The van der Waals surface area contributed by atoms with Gasteiger partial charge in [0.15, 0.2) is 0 Å². The third kappa shape index (κ3) is 3.84. The zero-order valence-electron chi connectivity index (χ0n) is 16.4. The summed E-state index contributed by atoms with van der Waals surface area (Å²) in [5.74, 6) is -1.15. The summed E-state index contributed by atoms with van der Waals surface area (Å²) in [7, 11) is 1.53. The van der Waals surface area contributed by atoms with Crippen LogP contribution in [0.1, 0.15) is 17.2 Å². The minimum absolute atomic E-state index is 0.00763. The van der Waals surface area contributed by atoms with Gasteiger partial charge in [-0.3, -0.25) is 14.5 Å². The monoisotopic (exact) mass is 497 g/mol. The first kappa shape index (κ1) is 21.2. The molecular weight excluding hydrogens is 482 g/mol. The molecule has 1 N–H and O–H groups in total. The van der Waals surface area contributed by atoms with Crippen molar-refractivity contribution in [2.75, 3.05) is 12.0 Å². The van der Waals surface area contributed by atoms with Gasteiger partial charge < -0.3 is 9.84 Å². The number of methoxy groups -OCH3 is 1. The predicted octanol–water partition coefficient (Wildman–Crippen LogP) is 5.74. The molecule has 3 aromatic carbocycles. The number of ketones is 1. The van der Waals surface area contributed by atoms with Crippen LogP contribution in [0.4, 0.5) is 5.69 Å². The molecule has 31 heavy (non-hydrogen) atoms. The van der Waals surface area contributed by atoms with Crippen molar-refractivity contribution in [3.8, 4) is 5.75 Å². The SMILES string of the molecule is COc1ccc(/C(O)=C2/C(=O)C(=O)N(c3ccccc3)C2c2ccc(Cl)cc2)cc1Br. The fourth-order valence-corrected chi connectivity index (χ4v) is 4.28. The van der Waals surface area contributed by atoms with Crippen LogP contribution in [-0.4, -0.2) is 23.9 Å². The Morgan fingerprint density at radius 2 is 1.71 bits per heavy atom. The molecule has 1 heterocycles. The number of benzene rings is 3. The number of nitrogens with zero attached hydrogens (tertiary/aromatic N) is 1. The third-order valence-electron chi connectivity index (χ3n) is 5.09. The smallest absolute Gasteiger partial charge is 0.300 e. The van der Waals surface area contributed by atoms with E-state index in [1.54, 1.807) is 66.7 Å². The number of halogens is 2. The van der Waals surface area contributed by atoms with Gasteiger partial charge in [0, 0.05) is 16.3 Å². The summed E-state index contributed by atoms with van der Waals surface area (Å²) in [6, 6.07) is 19.9. The van der Waals surface area contributed by atoms with Crippen LogP contribution in [0.3, 0.4) is 0 Å². The highest BCUT2D eigenvalue weighted by molar-refractivity contribution is 9.10. The van der Waals surface area contributed by atoms with E-state index in [9.17, 15) is 14.7 Å². The number of ether oxygens (including phenoxy) is 1. The topological polar surface area (TPSA) is 66.8 Å². The van der Waals surface area contributed by atoms with E-state index in [-0.39, 0.29) is 11.3 Å². The number of carbonyl (C=O) groups excluding carboxylic acids is 2. The van der Waals surface area contributed by atoms with E-state index in [0.717, 1.165) is 0 Å². The second kappa shape index (κ2) is 8.57. The minimum Gasteiger partial charge on any atom is -0.507 e. The van der Waals surface area contributed by atoms with Crippen molar-refractivity contribution in [1.82, 2.24) is 0 Å². The number of rotatable bonds is 4. The molecule has 7 heteroatoms. The molecule has 0 bridgehead atoms. The number of aliphatic hydroxyl groups is 1. The summed E-state index contributed by atoms with van der Waals surface area (Å²) >= 11 is 9.44. The molecule has 0 aliphatic carbocycles. The van der Waals surface area contributed by atoms with Gasteiger partial charge in [-0.15, -0.1) is 0 Å². The molecule has 0 aromatic heterocycles. The first-order chi connectivity index (χ1) is 14.9. The van der Waals surface area contributed by atoms with Gasteiger partial charge in [0.1, 0.15) is 11.5 Å². The molecule has 0 spiro atoms. The molecule has 3 aromatic rings. The molecule has 1 saturated heterocycles. The molecule has 1 aliphatic rings. The van der Waals surface area contributed by atoms with Crippen molar-refractivity contribution in [2.24, 2.45) is 0 Å². The Labute approximate surface area is 192 Å². The quantitative estimate of drug-likeness (QED) is 0.283. The zero-order chi connectivity index (χ0) is 22.1. The lowest BCUT2D eigenvalue weighted by atomic mass is 9.95. The van der Waals surface area contributed by atoms with E-state index in [1.807, 2.05) is 6.07 Å². The van der Waals surface area contributed by atoms with Crippen LogP contribution < -0.4 is 9.64 Å². The van der Waals surface area contributed by atoms with Gasteiger partial charge in [-0.1, -0.05) is 41.9 Å². The Hall–Kier alpha value is -3.09. The Morgan fingerprint density at radius 1 is 1.03 bits per heavy atom. The number of hydrogen-bond acceptors (Lipinski definition) is 4. The second-order valence-electron chi connectivity index (χ2n) is 6.91. The van der Waals surface area contributed by atoms with E-state index in [1.165, 1.54) is 12.0 Å². The van der Waals surface area contributed by atoms with Gasteiger partial charge in [0.25, 0.3) is 11.7 Å². The van der Waals surface area contributed by atoms with Crippen LogP contribution in [0.2, 0.25) is 5.02 Å². The van der Waals surface area contributed by atoms with Crippen LogP contribution in [0, 0.1) is 0 Å². The van der Waals surface area contributed by atoms with Crippen LogP contribution in [0.25, 0.3) is 5.76 Å². The minimum atomic E-state index is -0.805. The number of para-hydroxylation sites is 1. The maximum atomic E-state index is 13.1. The fraction of sp³-hybridized carbons (Fsp3) is 0.0833. The van der Waals surface area contributed by atoms with Crippen molar-refractivity contribution in [3.05, 3.63) is 99.0 Å². The maximum absolute atomic E-state index is 13.1. The van der Waals surface area contributed by atoms with Gasteiger partial charge in [-0.05, 0) is 64.0 Å².